The van der Waals surface area contributed by atoms with E-state index in [0.29, 0.717) is 0 Å². The van der Waals surface area contributed by atoms with Gasteiger partial charge in [-0.15, -0.1) is 0 Å². The summed E-state index contributed by atoms with van der Waals surface area (Å²) in [6.45, 7) is 8.11. The number of hydrogen-bond donors (Lipinski definition) is 1. The number of nitrogens with two attached hydrogens (primary N) is 1. The van der Waals surface area contributed by atoms with E-state index in [1.54, 1.807) is 0 Å². The summed E-state index contributed by atoms with van der Waals surface area (Å²) in [4.78, 5) is 4.91. The van der Waals surface area contributed by atoms with Gasteiger partial charge in [0.25, 0.3) is 0 Å². The van der Waals surface area contributed by atoms with Crippen molar-refractivity contribution in [2.45, 2.75) is 19.8 Å². The molecule has 0 aromatic heterocycles. The summed E-state index contributed by atoms with van der Waals surface area (Å²) >= 11 is 0. The van der Waals surface area contributed by atoms with Gasteiger partial charge in [-0.1, -0.05) is 6.92 Å². The normalized spacial score (nSPS) is 25.0. The lowest BCUT2D eigenvalue weighted by Gasteiger charge is -2.24. The SMILES string of the molecule is CC(CCN)CN(C)CC1CCN(C)C1. The number of nitrogens with zero attached hydrogens (tertiary/aromatic N) is 2. The van der Waals surface area contributed by atoms with Gasteiger partial charge in [0.1, 0.15) is 0 Å². The summed E-state index contributed by atoms with van der Waals surface area (Å²) in [7, 11) is 4.46. The van der Waals surface area contributed by atoms with Gasteiger partial charge in [-0.3, -0.25) is 0 Å². The molecule has 0 amide bonds. The molecular weight excluding hydrogens is 186 g/mol. The van der Waals surface area contributed by atoms with E-state index in [4.69, 9.17) is 5.73 Å². The zero-order chi connectivity index (χ0) is 11.3. The van der Waals surface area contributed by atoms with Gasteiger partial charge in [-0.2, -0.15) is 0 Å². The van der Waals surface area contributed by atoms with Crippen LogP contribution in [-0.4, -0.2) is 56.6 Å². The molecule has 2 unspecified atom stereocenters. The predicted octanol–water partition coefficient (Wildman–Crippen LogP) is 0.855. The zero-order valence-electron chi connectivity index (χ0n) is 10.6. The molecule has 0 aromatic rings. The quantitative estimate of drug-likeness (QED) is 0.710. The number of hydrogen-bond acceptors (Lipinski definition) is 3. The minimum atomic E-state index is 0.735. The molecule has 3 heteroatoms. The molecule has 1 rings (SSSR count). The molecule has 15 heavy (non-hydrogen) atoms. The van der Waals surface area contributed by atoms with Gasteiger partial charge in [0.05, 0.1) is 0 Å². The average Bonchev–Trinajstić information content (AvgIpc) is 2.51. The summed E-state index contributed by atoms with van der Waals surface area (Å²) < 4.78 is 0. The van der Waals surface area contributed by atoms with E-state index in [0.717, 1.165) is 24.8 Å². The van der Waals surface area contributed by atoms with Gasteiger partial charge < -0.3 is 15.5 Å². The van der Waals surface area contributed by atoms with E-state index in [1.165, 1.54) is 32.6 Å². The highest BCUT2D eigenvalue weighted by Gasteiger charge is 2.20. The molecule has 90 valence electrons. The van der Waals surface area contributed by atoms with Gasteiger partial charge >= 0.3 is 0 Å². The fraction of sp³-hybridized carbons (Fsp3) is 1.00. The molecule has 1 heterocycles. The molecule has 0 spiro atoms. The van der Waals surface area contributed by atoms with Gasteiger partial charge in [0.2, 0.25) is 0 Å². The van der Waals surface area contributed by atoms with Crippen molar-refractivity contribution in [2.75, 3.05) is 46.8 Å². The summed E-state index contributed by atoms with van der Waals surface area (Å²) in [5.41, 5.74) is 5.56. The van der Waals surface area contributed by atoms with E-state index in [9.17, 15) is 0 Å². The fourth-order valence-electron chi connectivity index (χ4n) is 2.60. The molecule has 0 bridgehead atoms. The molecule has 2 atom stereocenters. The number of likely N-dealkylation sites (tertiary alicyclic amines) is 1. The van der Waals surface area contributed by atoms with Crippen molar-refractivity contribution in [3.63, 3.8) is 0 Å². The lowest BCUT2D eigenvalue weighted by molar-refractivity contribution is 0.239. The highest BCUT2D eigenvalue weighted by atomic mass is 15.1. The molecular formula is C12H27N3. The largest absolute Gasteiger partial charge is 0.330 e. The summed E-state index contributed by atoms with van der Waals surface area (Å²) in [6.07, 6.45) is 2.51. The zero-order valence-corrected chi connectivity index (χ0v) is 10.6. The Balaban J connectivity index is 2.15. The lowest BCUT2D eigenvalue weighted by atomic mass is 10.1. The van der Waals surface area contributed by atoms with Crippen LogP contribution in [0.3, 0.4) is 0 Å². The van der Waals surface area contributed by atoms with Crippen molar-refractivity contribution in [1.82, 2.24) is 9.80 Å². The lowest BCUT2D eigenvalue weighted by Crippen LogP contribution is -2.31. The van der Waals surface area contributed by atoms with Crippen LogP contribution in [0, 0.1) is 11.8 Å². The fourth-order valence-corrected chi connectivity index (χ4v) is 2.60. The van der Waals surface area contributed by atoms with Crippen LogP contribution in [0.1, 0.15) is 19.8 Å². The Kier molecular flexibility index (Phi) is 5.58. The molecule has 2 N–H and O–H groups in total. The van der Waals surface area contributed by atoms with Crippen molar-refractivity contribution in [1.29, 1.82) is 0 Å². The standard InChI is InChI=1S/C12H27N3/c1-11(4-6-13)8-15(3)10-12-5-7-14(2)9-12/h11-12H,4-10,13H2,1-3H3. The van der Waals surface area contributed by atoms with Crippen LogP contribution in [0.2, 0.25) is 0 Å². The smallest absolute Gasteiger partial charge is 0.00194 e. The van der Waals surface area contributed by atoms with Crippen molar-refractivity contribution in [2.24, 2.45) is 17.6 Å². The Morgan fingerprint density at radius 3 is 2.80 bits per heavy atom. The second-order valence-corrected chi connectivity index (χ2v) is 5.32. The molecule has 0 radical (unpaired) electrons. The van der Waals surface area contributed by atoms with Crippen LogP contribution in [0.4, 0.5) is 0 Å². The van der Waals surface area contributed by atoms with Crippen LogP contribution >= 0.6 is 0 Å². The van der Waals surface area contributed by atoms with E-state index in [2.05, 4.69) is 30.8 Å². The number of rotatable bonds is 6. The molecule has 3 nitrogen and oxygen atoms in total. The second kappa shape index (κ2) is 6.46. The highest BCUT2D eigenvalue weighted by Crippen LogP contribution is 2.15. The first-order valence-electron chi connectivity index (χ1n) is 6.19. The maximum absolute atomic E-state index is 5.56. The Hall–Kier alpha value is -0.120. The molecule has 0 aliphatic carbocycles. The third-order valence-electron chi connectivity index (χ3n) is 3.34. The maximum atomic E-state index is 5.56. The minimum absolute atomic E-state index is 0.735. The molecule has 1 fully saturated rings. The molecule has 0 aromatic carbocycles. The third-order valence-corrected chi connectivity index (χ3v) is 3.34. The van der Waals surface area contributed by atoms with Crippen LogP contribution in [-0.2, 0) is 0 Å². The van der Waals surface area contributed by atoms with E-state index < -0.39 is 0 Å². The van der Waals surface area contributed by atoms with Crippen molar-refractivity contribution < 1.29 is 0 Å². The van der Waals surface area contributed by atoms with Crippen LogP contribution in [0.15, 0.2) is 0 Å². The maximum Gasteiger partial charge on any atom is 0.00194 e. The molecule has 1 aliphatic heterocycles. The topological polar surface area (TPSA) is 32.5 Å². The Morgan fingerprint density at radius 2 is 2.27 bits per heavy atom. The first kappa shape index (κ1) is 12.9. The van der Waals surface area contributed by atoms with Gasteiger partial charge in [0.15, 0.2) is 0 Å². The van der Waals surface area contributed by atoms with Gasteiger partial charge in [-0.25, -0.2) is 0 Å². The Labute approximate surface area is 94.6 Å². The van der Waals surface area contributed by atoms with E-state index in [-0.39, 0.29) is 0 Å². The van der Waals surface area contributed by atoms with Crippen LogP contribution in [0.25, 0.3) is 0 Å². The first-order chi connectivity index (χ1) is 7.11. The van der Waals surface area contributed by atoms with Crippen molar-refractivity contribution >= 4 is 0 Å². The minimum Gasteiger partial charge on any atom is -0.330 e. The highest BCUT2D eigenvalue weighted by molar-refractivity contribution is 4.75. The second-order valence-electron chi connectivity index (χ2n) is 5.32. The van der Waals surface area contributed by atoms with Crippen molar-refractivity contribution in [3.05, 3.63) is 0 Å². The van der Waals surface area contributed by atoms with Gasteiger partial charge in [-0.05, 0) is 51.9 Å². The van der Waals surface area contributed by atoms with Crippen molar-refractivity contribution in [3.8, 4) is 0 Å². The van der Waals surface area contributed by atoms with Crippen LogP contribution in [0.5, 0.6) is 0 Å². The Morgan fingerprint density at radius 1 is 1.53 bits per heavy atom. The van der Waals surface area contributed by atoms with E-state index in [1.807, 2.05) is 0 Å². The Bertz CT molecular complexity index is 172. The summed E-state index contributed by atoms with van der Waals surface area (Å²) in [5, 5.41) is 0. The summed E-state index contributed by atoms with van der Waals surface area (Å²) in [5.74, 6) is 1.62. The molecule has 0 saturated carbocycles. The molecule has 1 aliphatic rings. The summed E-state index contributed by atoms with van der Waals surface area (Å²) in [6, 6.07) is 0. The van der Waals surface area contributed by atoms with Gasteiger partial charge in [0, 0.05) is 19.6 Å². The molecule has 1 saturated heterocycles. The monoisotopic (exact) mass is 213 g/mol. The third kappa shape index (κ3) is 4.96. The van der Waals surface area contributed by atoms with E-state index >= 15 is 0 Å². The first-order valence-corrected chi connectivity index (χ1v) is 6.19. The van der Waals surface area contributed by atoms with Crippen LogP contribution < -0.4 is 5.73 Å². The average molecular weight is 213 g/mol. The predicted molar refractivity (Wildman–Crippen MR) is 65.9 cm³/mol.